The molecule has 1 unspecified atom stereocenters. The van der Waals surface area contributed by atoms with E-state index >= 15 is 0 Å². The monoisotopic (exact) mass is 308 g/mol. The van der Waals surface area contributed by atoms with Crippen LogP contribution in [0.3, 0.4) is 0 Å². The maximum Gasteiger partial charge on any atom is 0.103 e. The van der Waals surface area contributed by atoms with Crippen molar-refractivity contribution in [1.82, 2.24) is 0 Å². The topological polar surface area (TPSA) is 36.3 Å². The molecule has 1 fully saturated rings. The fourth-order valence-corrected chi connectivity index (χ4v) is 2.74. The molecular weight excluding hydrogens is 292 g/mol. The van der Waals surface area contributed by atoms with E-state index in [-0.39, 0.29) is 6.10 Å². The average molecular weight is 309 g/mol. The predicted octanol–water partition coefficient (Wildman–Crippen LogP) is 3.33. The Morgan fingerprint density at radius 2 is 2.33 bits per heavy atom. The number of anilines is 1. The molecule has 0 N–H and O–H groups in total. The Hall–Kier alpha value is -1.05. The molecular formula is C14H17BrN2O. The second-order valence-electron chi connectivity index (χ2n) is 4.61. The lowest BCUT2D eigenvalue weighted by molar-refractivity contribution is 0.0216. The van der Waals surface area contributed by atoms with Crippen LogP contribution in [0, 0.1) is 11.3 Å². The summed E-state index contributed by atoms with van der Waals surface area (Å²) >= 11 is 3.42. The zero-order chi connectivity index (χ0) is 13.0. The van der Waals surface area contributed by atoms with Gasteiger partial charge in [-0.05, 0) is 47.3 Å². The molecule has 96 valence electrons. The summed E-state index contributed by atoms with van der Waals surface area (Å²) in [5.41, 5.74) is 1.65. The SMILES string of the molecule is CN(CC1CCCCO1)c1cccc(Br)c1C#N. The Labute approximate surface area is 116 Å². The number of rotatable bonds is 3. The minimum Gasteiger partial charge on any atom is -0.376 e. The summed E-state index contributed by atoms with van der Waals surface area (Å²) in [6.45, 7) is 1.70. The Morgan fingerprint density at radius 3 is 3.00 bits per heavy atom. The van der Waals surface area contributed by atoms with Crippen LogP contribution >= 0.6 is 15.9 Å². The van der Waals surface area contributed by atoms with Gasteiger partial charge in [0.1, 0.15) is 6.07 Å². The fourth-order valence-electron chi connectivity index (χ4n) is 2.30. The normalized spacial score (nSPS) is 19.3. The molecule has 1 saturated heterocycles. The summed E-state index contributed by atoms with van der Waals surface area (Å²) in [4.78, 5) is 2.11. The number of hydrogen-bond acceptors (Lipinski definition) is 3. The van der Waals surface area contributed by atoms with Crippen molar-refractivity contribution < 1.29 is 4.74 Å². The summed E-state index contributed by atoms with van der Waals surface area (Å²) in [7, 11) is 2.01. The number of hydrogen-bond donors (Lipinski definition) is 0. The van der Waals surface area contributed by atoms with Gasteiger partial charge in [0.2, 0.25) is 0 Å². The van der Waals surface area contributed by atoms with E-state index in [0.717, 1.165) is 29.7 Å². The van der Waals surface area contributed by atoms with Crippen molar-refractivity contribution in [3.63, 3.8) is 0 Å². The molecule has 1 atom stereocenters. The molecule has 0 amide bonds. The molecule has 0 bridgehead atoms. The van der Waals surface area contributed by atoms with Gasteiger partial charge in [0.15, 0.2) is 0 Å². The fraction of sp³-hybridized carbons (Fsp3) is 0.500. The molecule has 0 saturated carbocycles. The van der Waals surface area contributed by atoms with Gasteiger partial charge in [0.05, 0.1) is 17.4 Å². The van der Waals surface area contributed by atoms with Crippen molar-refractivity contribution >= 4 is 21.6 Å². The zero-order valence-corrected chi connectivity index (χ0v) is 12.1. The van der Waals surface area contributed by atoms with Gasteiger partial charge < -0.3 is 9.64 Å². The molecule has 0 spiro atoms. The van der Waals surface area contributed by atoms with E-state index in [2.05, 4.69) is 26.9 Å². The Kier molecular flexibility index (Phi) is 4.62. The van der Waals surface area contributed by atoms with Crippen LogP contribution in [0.15, 0.2) is 22.7 Å². The molecule has 1 heterocycles. The third-order valence-electron chi connectivity index (χ3n) is 3.27. The number of nitriles is 1. The first-order valence-electron chi connectivity index (χ1n) is 6.23. The van der Waals surface area contributed by atoms with Gasteiger partial charge in [0.25, 0.3) is 0 Å². The zero-order valence-electron chi connectivity index (χ0n) is 10.5. The van der Waals surface area contributed by atoms with E-state index < -0.39 is 0 Å². The van der Waals surface area contributed by atoms with E-state index in [9.17, 15) is 5.26 Å². The summed E-state index contributed by atoms with van der Waals surface area (Å²) in [6.07, 6.45) is 3.80. The molecule has 3 nitrogen and oxygen atoms in total. The van der Waals surface area contributed by atoms with Crippen LogP contribution < -0.4 is 4.90 Å². The van der Waals surface area contributed by atoms with E-state index in [1.165, 1.54) is 12.8 Å². The van der Waals surface area contributed by atoms with E-state index in [1.54, 1.807) is 0 Å². The maximum absolute atomic E-state index is 9.22. The summed E-state index contributed by atoms with van der Waals surface area (Å²) in [5.74, 6) is 0. The largest absolute Gasteiger partial charge is 0.376 e. The third-order valence-corrected chi connectivity index (χ3v) is 3.93. The molecule has 0 aromatic heterocycles. The van der Waals surface area contributed by atoms with Gasteiger partial charge in [-0.1, -0.05) is 6.07 Å². The first kappa shape index (κ1) is 13.4. The molecule has 1 aromatic carbocycles. The number of likely N-dealkylation sites (N-methyl/N-ethyl adjacent to an activating group) is 1. The molecule has 1 aliphatic rings. The minimum absolute atomic E-state index is 0.286. The van der Waals surface area contributed by atoms with Gasteiger partial charge in [-0.15, -0.1) is 0 Å². The first-order chi connectivity index (χ1) is 8.72. The molecule has 0 radical (unpaired) electrons. The summed E-state index contributed by atoms with van der Waals surface area (Å²) in [6, 6.07) is 8.08. The highest BCUT2D eigenvalue weighted by molar-refractivity contribution is 9.10. The van der Waals surface area contributed by atoms with Crippen LogP contribution in [0.5, 0.6) is 0 Å². The molecule has 0 aliphatic carbocycles. The minimum atomic E-state index is 0.286. The van der Waals surface area contributed by atoms with Crippen molar-refractivity contribution in [2.24, 2.45) is 0 Å². The number of nitrogens with zero attached hydrogens (tertiary/aromatic N) is 2. The lowest BCUT2D eigenvalue weighted by atomic mass is 10.1. The molecule has 1 aromatic rings. The highest BCUT2D eigenvalue weighted by atomic mass is 79.9. The van der Waals surface area contributed by atoms with Gasteiger partial charge in [-0.25, -0.2) is 0 Å². The van der Waals surface area contributed by atoms with Crippen molar-refractivity contribution in [2.75, 3.05) is 25.1 Å². The lowest BCUT2D eigenvalue weighted by Gasteiger charge is -2.29. The quantitative estimate of drug-likeness (QED) is 0.859. The third kappa shape index (κ3) is 3.04. The van der Waals surface area contributed by atoms with E-state index in [1.807, 2.05) is 25.2 Å². The average Bonchev–Trinajstić information content (AvgIpc) is 2.39. The smallest absolute Gasteiger partial charge is 0.103 e. The Bertz CT molecular complexity index is 450. The van der Waals surface area contributed by atoms with Crippen molar-refractivity contribution in [3.05, 3.63) is 28.2 Å². The highest BCUT2D eigenvalue weighted by Crippen LogP contribution is 2.27. The standard InChI is InChI=1S/C14H17BrN2O/c1-17(10-11-5-2-3-8-18-11)14-7-4-6-13(15)12(14)9-16/h4,6-7,11H,2-3,5,8,10H2,1H3. The number of halogens is 1. The number of benzene rings is 1. The van der Waals surface area contributed by atoms with E-state index in [0.29, 0.717) is 5.56 Å². The van der Waals surface area contributed by atoms with E-state index in [4.69, 9.17) is 4.74 Å². The number of ether oxygens (including phenoxy) is 1. The van der Waals surface area contributed by atoms with Crippen LogP contribution in [-0.2, 0) is 4.74 Å². The molecule has 2 rings (SSSR count). The van der Waals surface area contributed by atoms with Crippen molar-refractivity contribution in [1.29, 1.82) is 5.26 Å². The molecule has 4 heteroatoms. The van der Waals surface area contributed by atoms with Gasteiger partial charge in [0, 0.05) is 24.7 Å². The van der Waals surface area contributed by atoms with Gasteiger partial charge in [-0.3, -0.25) is 0 Å². The van der Waals surface area contributed by atoms with Crippen molar-refractivity contribution in [2.45, 2.75) is 25.4 Å². The maximum atomic E-state index is 9.22. The Morgan fingerprint density at radius 1 is 1.50 bits per heavy atom. The van der Waals surface area contributed by atoms with Crippen LogP contribution in [0.25, 0.3) is 0 Å². The molecule has 18 heavy (non-hydrogen) atoms. The van der Waals surface area contributed by atoms with Gasteiger partial charge >= 0.3 is 0 Å². The van der Waals surface area contributed by atoms with Crippen LogP contribution in [0.2, 0.25) is 0 Å². The van der Waals surface area contributed by atoms with Crippen molar-refractivity contribution in [3.8, 4) is 6.07 Å². The first-order valence-corrected chi connectivity index (χ1v) is 7.03. The predicted molar refractivity (Wildman–Crippen MR) is 75.7 cm³/mol. The lowest BCUT2D eigenvalue weighted by Crippen LogP contribution is -2.33. The van der Waals surface area contributed by atoms with Crippen LogP contribution in [0.1, 0.15) is 24.8 Å². The second kappa shape index (κ2) is 6.21. The summed E-state index contributed by atoms with van der Waals surface area (Å²) in [5, 5.41) is 9.22. The van der Waals surface area contributed by atoms with Crippen LogP contribution in [-0.4, -0.2) is 26.3 Å². The summed E-state index contributed by atoms with van der Waals surface area (Å²) < 4.78 is 6.58. The second-order valence-corrected chi connectivity index (χ2v) is 5.47. The van der Waals surface area contributed by atoms with Gasteiger partial charge in [-0.2, -0.15) is 5.26 Å². The highest BCUT2D eigenvalue weighted by Gasteiger charge is 2.18. The molecule has 1 aliphatic heterocycles. The van der Waals surface area contributed by atoms with Crippen LogP contribution in [0.4, 0.5) is 5.69 Å². The Balaban J connectivity index is 2.11.